The molecule has 1 aliphatic heterocycles. The lowest BCUT2D eigenvalue weighted by Gasteiger charge is -2.12. The number of nitrogens with one attached hydrogen (secondary N) is 2. The van der Waals surface area contributed by atoms with Gasteiger partial charge in [0.05, 0.1) is 23.9 Å². The lowest BCUT2D eigenvalue weighted by atomic mass is 10.1. The van der Waals surface area contributed by atoms with Crippen molar-refractivity contribution < 1.29 is 19.1 Å². The van der Waals surface area contributed by atoms with Crippen LogP contribution >= 0.6 is 0 Å². The average molecular weight is 404 g/mol. The van der Waals surface area contributed by atoms with Crippen LogP contribution in [0.3, 0.4) is 0 Å². The summed E-state index contributed by atoms with van der Waals surface area (Å²) in [6.07, 6.45) is 0. The van der Waals surface area contributed by atoms with E-state index < -0.39 is 17.4 Å². The molecule has 0 saturated carbocycles. The first-order valence-corrected chi connectivity index (χ1v) is 8.86. The summed E-state index contributed by atoms with van der Waals surface area (Å²) in [6.45, 7) is 0. The first-order valence-electron chi connectivity index (χ1n) is 8.86. The number of carbonyl (C=O) groups is 3. The highest BCUT2D eigenvalue weighted by atomic mass is 16.5. The summed E-state index contributed by atoms with van der Waals surface area (Å²) in [5.74, 6) is -1.12. The number of methoxy groups -OCH3 is 1. The Morgan fingerprint density at radius 3 is 2.30 bits per heavy atom. The van der Waals surface area contributed by atoms with E-state index >= 15 is 0 Å². The number of rotatable bonds is 4. The van der Waals surface area contributed by atoms with Crippen LogP contribution in [-0.4, -0.2) is 29.4 Å². The van der Waals surface area contributed by atoms with Crippen molar-refractivity contribution in [1.82, 2.24) is 9.88 Å². The van der Waals surface area contributed by atoms with Crippen molar-refractivity contribution in [3.05, 3.63) is 81.6 Å². The third kappa shape index (κ3) is 3.18. The Morgan fingerprint density at radius 2 is 1.67 bits per heavy atom. The van der Waals surface area contributed by atoms with E-state index in [1.54, 1.807) is 31.4 Å². The van der Waals surface area contributed by atoms with Gasteiger partial charge >= 0.3 is 0 Å². The molecule has 1 aliphatic rings. The Balaban J connectivity index is 1.62. The molecule has 0 spiro atoms. The molecule has 0 atom stereocenters. The average Bonchev–Trinajstić information content (AvgIpc) is 3.02. The van der Waals surface area contributed by atoms with Crippen molar-refractivity contribution >= 4 is 29.2 Å². The predicted octanol–water partition coefficient (Wildman–Crippen LogP) is 1.56. The van der Waals surface area contributed by atoms with Gasteiger partial charge < -0.3 is 15.8 Å². The molecule has 0 fully saturated rings. The van der Waals surface area contributed by atoms with Crippen molar-refractivity contribution in [3.63, 3.8) is 0 Å². The van der Waals surface area contributed by atoms with Gasteiger partial charge in [-0.15, -0.1) is 0 Å². The summed E-state index contributed by atoms with van der Waals surface area (Å²) in [5.41, 5.74) is 6.66. The normalized spacial score (nSPS) is 12.3. The standard InChI is InChI=1S/C21H16N4O5/c1-30-14-8-4-12(5-9-14)23-19(27)11-2-6-13(7-3-11)25-16(26)10-15-17(18(25)22)21(29)24-20(15)28/h2-10H,22H2,1H3,(H,23,27)(H,24,28,29). The zero-order valence-electron chi connectivity index (χ0n) is 15.8. The number of nitrogen functional groups attached to an aromatic ring is 1. The number of hydrogen-bond acceptors (Lipinski definition) is 6. The van der Waals surface area contributed by atoms with Gasteiger partial charge in [-0.3, -0.25) is 29.1 Å². The second kappa shape index (κ2) is 7.21. The van der Waals surface area contributed by atoms with Gasteiger partial charge in [0.25, 0.3) is 23.3 Å². The molecule has 2 heterocycles. The minimum atomic E-state index is -0.656. The summed E-state index contributed by atoms with van der Waals surface area (Å²) >= 11 is 0. The number of fused-ring (bicyclic) bond motifs is 1. The maximum Gasteiger partial charge on any atom is 0.262 e. The number of hydrogen-bond donors (Lipinski definition) is 3. The monoisotopic (exact) mass is 404 g/mol. The Labute approximate surface area is 170 Å². The van der Waals surface area contributed by atoms with Gasteiger partial charge in [-0.1, -0.05) is 0 Å². The molecule has 4 N–H and O–H groups in total. The SMILES string of the molecule is COc1ccc(NC(=O)c2ccc(-n3c(N)c4c(cc3=O)C(=O)NC4=O)cc2)cc1. The lowest BCUT2D eigenvalue weighted by molar-refractivity contribution is 0.0879. The Bertz CT molecular complexity index is 1240. The van der Waals surface area contributed by atoms with Gasteiger partial charge in [-0.2, -0.15) is 0 Å². The number of aromatic nitrogens is 1. The third-order valence-corrected chi connectivity index (χ3v) is 4.69. The van der Waals surface area contributed by atoms with E-state index in [9.17, 15) is 19.2 Å². The number of ether oxygens (including phenoxy) is 1. The summed E-state index contributed by atoms with van der Waals surface area (Å²) < 4.78 is 6.19. The van der Waals surface area contributed by atoms with E-state index in [0.717, 1.165) is 10.6 Å². The van der Waals surface area contributed by atoms with Crippen LogP contribution in [0.4, 0.5) is 11.5 Å². The van der Waals surface area contributed by atoms with Crippen molar-refractivity contribution in [3.8, 4) is 11.4 Å². The minimum absolute atomic E-state index is 0.0408. The van der Waals surface area contributed by atoms with E-state index in [1.807, 2.05) is 0 Å². The zero-order valence-corrected chi connectivity index (χ0v) is 15.8. The molecule has 3 aromatic rings. The Kier molecular flexibility index (Phi) is 4.55. The van der Waals surface area contributed by atoms with Crippen LogP contribution < -0.4 is 26.7 Å². The molecule has 0 saturated heterocycles. The maximum atomic E-state index is 12.5. The Morgan fingerprint density at radius 1 is 1.00 bits per heavy atom. The van der Waals surface area contributed by atoms with Crippen LogP contribution in [0, 0.1) is 0 Å². The molecule has 9 nitrogen and oxygen atoms in total. The molecule has 0 bridgehead atoms. The molecule has 0 unspecified atom stereocenters. The van der Waals surface area contributed by atoms with Crippen LogP contribution in [0.1, 0.15) is 31.1 Å². The molecular weight excluding hydrogens is 388 g/mol. The molecule has 150 valence electrons. The first kappa shape index (κ1) is 18.9. The van der Waals surface area contributed by atoms with E-state index in [-0.39, 0.29) is 22.9 Å². The first-order chi connectivity index (χ1) is 14.4. The van der Waals surface area contributed by atoms with Crippen LogP contribution in [0.25, 0.3) is 5.69 Å². The van der Waals surface area contributed by atoms with Gasteiger partial charge in [0.2, 0.25) is 0 Å². The number of benzene rings is 2. The quantitative estimate of drug-likeness (QED) is 0.566. The molecule has 3 amide bonds. The van der Waals surface area contributed by atoms with E-state index in [2.05, 4.69) is 10.6 Å². The van der Waals surface area contributed by atoms with Crippen LogP contribution in [0.2, 0.25) is 0 Å². The molecular formula is C21H16N4O5. The molecule has 1 aromatic heterocycles. The lowest BCUT2D eigenvalue weighted by Crippen LogP contribution is -2.24. The zero-order chi connectivity index (χ0) is 21.4. The van der Waals surface area contributed by atoms with Crippen LogP contribution in [-0.2, 0) is 0 Å². The maximum absolute atomic E-state index is 12.5. The van der Waals surface area contributed by atoms with E-state index in [1.165, 1.54) is 24.3 Å². The smallest absolute Gasteiger partial charge is 0.262 e. The van der Waals surface area contributed by atoms with E-state index in [4.69, 9.17) is 10.5 Å². The molecule has 4 rings (SSSR count). The fraction of sp³-hybridized carbons (Fsp3) is 0.0476. The highest BCUT2D eigenvalue weighted by Gasteiger charge is 2.31. The van der Waals surface area contributed by atoms with Gasteiger partial charge in [0.15, 0.2) is 0 Å². The van der Waals surface area contributed by atoms with Crippen LogP contribution in [0.15, 0.2) is 59.4 Å². The fourth-order valence-corrected chi connectivity index (χ4v) is 3.19. The van der Waals surface area contributed by atoms with Crippen molar-refractivity contribution in [2.24, 2.45) is 0 Å². The summed E-state index contributed by atoms with van der Waals surface area (Å²) in [5, 5.41) is 4.87. The van der Waals surface area contributed by atoms with E-state index in [0.29, 0.717) is 22.7 Å². The molecule has 0 aliphatic carbocycles. The second-order valence-electron chi connectivity index (χ2n) is 6.50. The number of nitrogens with zero attached hydrogens (tertiary/aromatic N) is 1. The number of amides is 3. The summed E-state index contributed by atoms with van der Waals surface area (Å²) in [6, 6.07) is 14.0. The molecule has 0 radical (unpaired) electrons. The minimum Gasteiger partial charge on any atom is -0.497 e. The van der Waals surface area contributed by atoms with Crippen molar-refractivity contribution in [2.45, 2.75) is 0 Å². The highest BCUT2D eigenvalue weighted by Crippen LogP contribution is 2.23. The summed E-state index contributed by atoms with van der Waals surface area (Å²) in [4.78, 5) is 48.6. The van der Waals surface area contributed by atoms with Crippen molar-refractivity contribution in [2.75, 3.05) is 18.2 Å². The number of carbonyl (C=O) groups excluding carboxylic acids is 3. The number of anilines is 2. The summed E-state index contributed by atoms with van der Waals surface area (Å²) in [7, 11) is 1.55. The van der Waals surface area contributed by atoms with Crippen molar-refractivity contribution in [1.29, 1.82) is 0 Å². The van der Waals surface area contributed by atoms with Gasteiger partial charge in [0.1, 0.15) is 11.6 Å². The third-order valence-electron chi connectivity index (χ3n) is 4.69. The molecule has 9 heteroatoms. The number of imide groups is 1. The molecule has 2 aromatic carbocycles. The largest absolute Gasteiger partial charge is 0.497 e. The van der Waals surface area contributed by atoms with Gasteiger partial charge in [-0.05, 0) is 48.5 Å². The number of nitrogens with two attached hydrogens (primary N) is 1. The van der Waals surface area contributed by atoms with Gasteiger partial charge in [-0.25, -0.2) is 0 Å². The second-order valence-corrected chi connectivity index (χ2v) is 6.50. The topological polar surface area (TPSA) is 133 Å². The fourth-order valence-electron chi connectivity index (χ4n) is 3.19. The predicted molar refractivity (Wildman–Crippen MR) is 109 cm³/mol. The highest BCUT2D eigenvalue weighted by molar-refractivity contribution is 6.23. The van der Waals surface area contributed by atoms with Gasteiger partial charge in [0, 0.05) is 17.3 Å². The number of pyridine rings is 1. The van der Waals surface area contributed by atoms with Crippen LogP contribution in [0.5, 0.6) is 5.75 Å². The Hall–Kier alpha value is -4.40. The molecule has 30 heavy (non-hydrogen) atoms.